The van der Waals surface area contributed by atoms with Gasteiger partial charge < -0.3 is 20.7 Å². The third-order valence-electron chi connectivity index (χ3n) is 6.04. The first kappa shape index (κ1) is 18.1. The van der Waals surface area contributed by atoms with Crippen LogP contribution in [0.1, 0.15) is 40.0 Å². The summed E-state index contributed by atoms with van der Waals surface area (Å²) >= 11 is 0. The van der Waals surface area contributed by atoms with Gasteiger partial charge in [-0.05, 0) is 31.9 Å². The Balaban J connectivity index is 1.53. The third-order valence-corrected chi connectivity index (χ3v) is 6.04. The molecule has 2 heterocycles. The summed E-state index contributed by atoms with van der Waals surface area (Å²) in [5.41, 5.74) is 5.28. The molecule has 6 heteroatoms. The highest BCUT2D eigenvalue weighted by Gasteiger charge is 2.63. The van der Waals surface area contributed by atoms with E-state index >= 15 is 0 Å². The van der Waals surface area contributed by atoms with E-state index in [1.807, 2.05) is 45.2 Å². The average Bonchev–Trinajstić information content (AvgIpc) is 2.62. The minimum atomic E-state index is -0.842. The number of ether oxygens (including phenoxy) is 1. The lowest BCUT2D eigenvalue weighted by atomic mass is 9.54. The molecule has 2 unspecified atom stereocenters. The molecule has 25 heavy (non-hydrogen) atoms. The number of carbonyl (C=O) groups is 1. The Kier molecular flexibility index (Phi) is 5.02. The predicted molar refractivity (Wildman–Crippen MR) is 98.3 cm³/mol. The van der Waals surface area contributed by atoms with Crippen molar-refractivity contribution >= 4 is 11.7 Å². The Morgan fingerprint density at radius 2 is 2.12 bits per heavy atom. The van der Waals surface area contributed by atoms with E-state index in [0.29, 0.717) is 13.0 Å². The molecule has 3 N–H and O–H groups in total. The molecule has 0 spiro atoms. The number of nitrogens with two attached hydrogens (primary N) is 1. The Morgan fingerprint density at radius 3 is 2.68 bits per heavy atom. The second kappa shape index (κ2) is 6.92. The molecular weight excluding hydrogens is 316 g/mol. The van der Waals surface area contributed by atoms with E-state index in [9.17, 15) is 4.79 Å². The van der Waals surface area contributed by atoms with Gasteiger partial charge in [0.1, 0.15) is 11.4 Å². The molecule has 0 bridgehead atoms. The van der Waals surface area contributed by atoms with Gasteiger partial charge in [0.05, 0.1) is 6.10 Å². The number of nitrogens with one attached hydrogen (secondary N) is 1. The zero-order valence-corrected chi connectivity index (χ0v) is 15.5. The Morgan fingerprint density at radius 1 is 1.40 bits per heavy atom. The second-order valence-electron chi connectivity index (χ2n) is 7.76. The van der Waals surface area contributed by atoms with Crippen molar-refractivity contribution in [2.75, 3.05) is 24.6 Å². The van der Waals surface area contributed by atoms with E-state index in [1.165, 1.54) is 0 Å². The van der Waals surface area contributed by atoms with Crippen LogP contribution >= 0.6 is 0 Å². The fraction of sp³-hybridized carbons (Fsp3) is 0.684. The highest BCUT2D eigenvalue weighted by molar-refractivity contribution is 5.89. The summed E-state index contributed by atoms with van der Waals surface area (Å²) in [6.07, 6.45) is 4.28. The fourth-order valence-electron chi connectivity index (χ4n) is 3.93. The van der Waals surface area contributed by atoms with Crippen molar-refractivity contribution in [3.05, 3.63) is 24.4 Å². The maximum Gasteiger partial charge on any atom is 0.241 e. The number of hydrogen-bond acceptors (Lipinski definition) is 5. The van der Waals surface area contributed by atoms with Crippen molar-refractivity contribution in [1.29, 1.82) is 0 Å². The van der Waals surface area contributed by atoms with Gasteiger partial charge >= 0.3 is 0 Å². The molecule has 1 amide bonds. The van der Waals surface area contributed by atoms with Crippen molar-refractivity contribution < 1.29 is 9.53 Å². The van der Waals surface area contributed by atoms with Gasteiger partial charge in [-0.1, -0.05) is 19.9 Å². The van der Waals surface area contributed by atoms with Gasteiger partial charge in [-0.25, -0.2) is 4.98 Å². The van der Waals surface area contributed by atoms with Crippen LogP contribution in [0.3, 0.4) is 0 Å². The summed E-state index contributed by atoms with van der Waals surface area (Å²) in [5, 5.41) is 3.19. The summed E-state index contributed by atoms with van der Waals surface area (Å²) in [6.45, 7) is 8.47. The lowest BCUT2D eigenvalue weighted by Crippen LogP contribution is -2.76. The lowest BCUT2D eigenvalue weighted by molar-refractivity contribution is -0.171. The van der Waals surface area contributed by atoms with Gasteiger partial charge in [-0.3, -0.25) is 4.79 Å². The summed E-state index contributed by atoms with van der Waals surface area (Å²) in [4.78, 5) is 19.5. The van der Waals surface area contributed by atoms with E-state index in [2.05, 4.69) is 15.2 Å². The zero-order chi connectivity index (χ0) is 18.1. The third kappa shape index (κ3) is 3.25. The van der Waals surface area contributed by atoms with E-state index < -0.39 is 5.54 Å². The highest BCUT2D eigenvalue weighted by atomic mass is 16.5. The number of pyridine rings is 1. The molecule has 0 radical (unpaired) electrons. The molecule has 2 aliphatic rings. The molecule has 6 nitrogen and oxygen atoms in total. The number of carbonyl (C=O) groups excluding carboxylic acids is 1. The Labute approximate surface area is 150 Å². The van der Waals surface area contributed by atoms with Crippen LogP contribution in [-0.4, -0.2) is 48.3 Å². The van der Waals surface area contributed by atoms with Crippen molar-refractivity contribution in [2.45, 2.75) is 57.7 Å². The first-order valence-electron chi connectivity index (χ1n) is 9.26. The largest absolute Gasteiger partial charge is 0.378 e. The minimum Gasteiger partial charge on any atom is -0.378 e. The summed E-state index contributed by atoms with van der Waals surface area (Å²) < 4.78 is 5.72. The Bertz CT molecular complexity index is 599. The molecular formula is C19H30N4O2. The van der Waals surface area contributed by atoms with Crippen LogP contribution in [0, 0.1) is 5.41 Å². The number of piperidine rings is 1. The highest BCUT2D eigenvalue weighted by Crippen LogP contribution is 2.49. The van der Waals surface area contributed by atoms with Gasteiger partial charge in [0.2, 0.25) is 5.91 Å². The van der Waals surface area contributed by atoms with Gasteiger partial charge in [-0.2, -0.15) is 0 Å². The first-order valence-corrected chi connectivity index (χ1v) is 9.26. The summed E-state index contributed by atoms with van der Waals surface area (Å²) in [7, 11) is 0. The smallest absolute Gasteiger partial charge is 0.241 e. The second-order valence-corrected chi connectivity index (χ2v) is 7.76. The fourth-order valence-corrected chi connectivity index (χ4v) is 3.93. The van der Waals surface area contributed by atoms with Crippen molar-refractivity contribution in [3.63, 3.8) is 0 Å². The molecule has 1 saturated carbocycles. The maximum absolute atomic E-state index is 12.8. The molecule has 138 valence electrons. The summed E-state index contributed by atoms with van der Waals surface area (Å²) in [5.74, 6) is 0.965. The van der Waals surface area contributed by atoms with Gasteiger partial charge in [0, 0.05) is 43.8 Å². The van der Waals surface area contributed by atoms with Crippen LogP contribution in [0.4, 0.5) is 5.82 Å². The molecule has 2 fully saturated rings. The topological polar surface area (TPSA) is 80.5 Å². The van der Waals surface area contributed by atoms with Crippen LogP contribution in [0.5, 0.6) is 0 Å². The molecule has 3 rings (SSSR count). The number of anilines is 1. The molecule has 1 aliphatic carbocycles. The van der Waals surface area contributed by atoms with Gasteiger partial charge in [-0.15, -0.1) is 0 Å². The lowest BCUT2D eigenvalue weighted by Gasteiger charge is -2.57. The van der Waals surface area contributed by atoms with Crippen LogP contribution in [-0.2, 0) is 9.53 Å². The van der Waals surface area contributed by atoms with Gasteiger partial charge in [0.15, 0.2) is 0 Å². The molecule has 2 atom stereocenters. The summed E-state index contributed by atoms with van der Waals surface area (Å²) in [6, 6.07) is 6.13. The molecule has 1 aromatic rings. The normalized spacial score (nSPS) is 29.1. The number of rotatable bonds is 5. The van der Waals surface area contributed by atoms with E-state index in [1.54, 1.807) is 0 Å². The van der Waals surface area contributed by atoms with Crippen LogP contribution in [0.2, 0.25) is 0 Å². The maximum atomic E-state index is 12.8. The number of amides is 1. The minimum absolute atomic E-state index is 0.0373. The van der Waals surface area contributed by atoms with E-state index in [-0.39, 0.29) is 23.5 Å². The zero-order valence-electron chi connectivity index (χ0n) is 15.5. The average molecular weight is 346 g/mol. The number of nitrogens with zero attached hydrogens (tertiary/aromatic N) is 2. The van der Waals surface area contributed by atoms with Crippen LogP contribution in [0.15, 0.2) is 24.4 Å². The molecule has 0 aromatic carbocycles. The van der Waals surface area contributed by atoms with Crippen molar-refractivity contribution in [3.8, 4) is 0 Å². The number of aromatic nitrogens is 1. The Hall–Kier alpha value is -1.66. The van der Waals surface area contributed by atoms with Gasteiger partial charge in [0.25, 0.3) is 0 Å². The molecule has 1 saturated heterocycles. The molecule has 1 aromatic heterocycles. The van der Waals surface area contributed by atoms with Crippen molar-refractivity contribution in [1.82, 2.24) is 10.3 Å². The van der Waals surface area contributed by atoms with Crippen LogP contribution in [0.25, 0.3) is 0 Å². The monoisotopic (exact) mass is 346 g/mol. The SMILES string of the molecule is CCOC1CC(N)(C(=O)NC2CCN(c3ccccn3)CC2)C1(C)C. The quantitative estimate of drug-likeness (QED) is 0.848. The standard InChI is InChI=1S/C19H30N4O2/c1-4-25-15-13-19(20,18(15,2)3)17(24)22-14-8-11-23(12-9-14)16-7-5-6-10-21-16/h5-7,10,14-15H,4,8-9,11-13,20H2,1-3H3,(H,22,24). The number of hydrogen-bond donors (Lipinski definition) is 2. The van der Waals surface area contributed by atoms with E-state index in [4.69, 9.17) is 10.5 Å². The van der Waals surface area contributed by atoms with Crippen molar-refractivity contribution in [2.24, 2.45) is 11.1 Å². The van der Waals surface area contributed by atoms with Crippen LogP contribution < -0.4 is 16.0 Å². The van der Waals surface area contributed by atoms with E-state index in [0.717, 1.165) is 31.7 Å². The predicted octanol–water partition coefficient (Wildman–Crippen LogP) is 1.70. The first-order chi connectivity index (χ1) is 11.9. The molecule has 1 aliphatic heterocycles.